The van der Waals surface area contributed by atoms with Gasteiger partial charge < -0.3 is 10.2 Å². The predicted octanol–water partition coefficient (Wildman–Crippen LogP) is 4.73. The van der Waals surface area contributed by atoms with Gasteiger partial charge in [0, 0.05) is 21.8 Å². The molecule has 1 N–H and O–H groups in total. The number of aryl methyl sites for hydroxylation is 1. The number of carbonyl (C=O) groups excluding carboxylic acids is 2. The smallest absolute Gasteiger partial charge is 0.249 e. The number of amides is 2. The van der Waals surface area contributed by atoms with Gasteiger partial charge in [0.05, 0.1) is 11.4 Å². The van der Waals surface area contributed by atoms with Gasteiger partial charge in [-0.3, -0.25) is 14.6 Å². The number of rotatable bonds is 5. The maximum atomic E-state index is 12.9. The van der Waals surface area contributed by atoms with Crippen LogP contribution in [0.25, 0.3) is 0 Å². The Kier molecular flexibility index (Phi) is 6.14. The van der Waals surface area contributed by atoms with Crippen LogP contribution in [-0.4, -0.2) is 30.6 Å². The van der Waals surface area contributed by atoms with E-state index in [9.17, 15) is 9.59 Å². The van der Waals surface area contributed by atoms with Gasteiger partial charge >= 0.3 is 0 Å². The van der Waals surface area contributed by atoms with E-state index in [0.29, 0.717) is 22.1 Å². The number of nitrogens with zero attached hydrogens (tertiary/aromatic N) is 2. The van der Waals surface area contributed by atoms with Gasteiger partial charge in [-0.25, -0.2) is 0 Å². The molecule has 0 radical (unpaired) electrons. The SMILES string of the molecule is CCc1cccc(NC(=O)CN2C(=O)CN=C(c3ccccc3)c3cc(Cl)ccc32)c1. The van der Waals surface area contributed by atoms with Crippen molar-refractivity contribution in [3.05, 3.63) is 94.5 Å². The summed E-state index contributed by atoms with van der Waals surface area (Å²) in [5, 5.41) is 3.43. The highest BCUT2D eigenvalue weighted by molar-refractivity contribution is 6.32. The molecule has 0 fully saturated rings. The highest BCUT2D eigenvalue weighted by atomic mass is 35.5. The molecule has 5 nitrogen and oxygen atoms in total. The maximum Gasteiger partial charge on any atom is 0.249 e. The number of carbonyl (C=O) groups is 2. The Morgan fingerprint density at radius 2 is 1.87 bits per heavy atom. The average Bonchev–Trinajstić information content (AvgIpc) is 2.91. The van der Waals surface area contributed by atoms with Crippen LogP contribution < -0.4 is 10.2 Å². The van der Waals surface area contributed by atoms with E-state index < -0.39 is 0 Å². The second-order valence-corrected chi connectivity index (χ2v) is 7.71. The normalized spacial score (nSPS) is 13.3. The minimum atomic E-state index is -0.273. The molecular formula is C25H22ClN3O2. The molecule has 1 heterocycles. The van der Waals surface area contributed by atoms with Gasteiger partial charge in [0.2, 0.25) is 11.8 Å². The number of anilines is 2. The zero-order valence-electron chi connectivity index (χ0n) is 17.1. The number of fused-ring (bicyclic) bond motifs is 1. The second-order valence-electron chi connectivity index (χ2n) is 7.27. The number of aliphatic imine (C=N–C) groups is 1. The summed E-state index contributed by atoms with van der Waals surface area (Å²) in [5.41, 5.74) is 4.76. The van der Waals surface area contributed by atoms with Crippen LogP contribution in [0.15, 0.2) is 77.8 Å². The zero-order chi connectivity index (χ0) is 21.8. The van der Waals surface area contributed by atoms with Crippen LogP contribution >= 0.6 is 11.6 Å². The fraction of sp³-hybridized carbons (Fsp3) is 0.160. The minimum Gasteiger partial charge on any atom is -0.325 e. The Balaban J connectivity index is 1.65. The van der Waals surface area contributed by atoms with Crippen molar-refractivity contribution in [2.24, 2.45) is 4.99 Å². The summed E-state index contributed by atoms with van der Waals surface area (Å²) in [6.07, 6.45) is 0.877. The lowest BCUT2D eigenvalue weighted by Gasteiger charge is -2.23. The standard InChI is InChI=1S/C25H22ClN3O2/c1-2-17-7-6-10-20(13-17)28-23(30)16-29-22-12-11-19(26)14-21(22)25(27-15-24(29)31)18-8-4-3-5-9-18/h3-14H,2,15-16H2,1H3,(H,28,30). The third kappa shape index (κ3) is 4.67. The summed E-state index contributed by atoms with van der Waals surface area (Å²) >= 11 is 6.27. The van der Waals surface area contributed by atoms with Gasteiger partial charge in [0.25, 0.3) is 0 Å². The molecule has 156 valence electrons. The Morgan fingerprint density at radius 3 is 2.65 bits per heavy atom. The molecule has 0 bridgehead atoms. The highest BCUT2D eigenvalue weighted by Crippen LogP contribution is 2.29. The van der Waals surface area contributed by atoms with Gasteiger partial charge in [0.15, 0.2) is 0 Å². The van der Waals surface area contributed by atoms with E-state index >= 15 is 0 Å². The quantitative estimate of drug-likeness (QED) is 0.635. The van der Waals surface area contributed by atoms with E-state index in [1.165, 1.54) is 4.90 Å². The molecule has 0 spiro atoms. The lowest BCUT2D eigenvalue weighted by Crippen LogP contribution is -2.39. The predicted molar refractivity (Wildman–Crippen MR) is 125 cm³/mol. The van der Waals surface area contributed by atoms with Crippen LogP contribution in [0.1, 0.15) is 23.6 Å². The summed E-state index contributed by atoms with van der Waals surface area (Å²) in [4.78, 5) is 31.8. The van der Waals surface area contributed by atoms with E-state index in [1.54, 1.807) is 18.2 Å². The number of benzodiazepines with no additional fused rings is 1. The molecule has 0 unspecified atom stereocenters. The number of benzene rings is 3. The highest BCUT2D eigenvalue weighted by Gasteiger charge is 2.27. The van der Waals surface area contributed by atoms with Crippen LogP contribution in [-0.2, 0) is 16.0 Å². The third-order valence-corrected chi connectivity index (χ3v) is 5.38. The third-order valence-electron chi connectivity index (χ3n) is 5.15. The lowest BCUT2D eigenvalue weighted by molar-refractivity contribution is -0.120. The van der Waals surface area contributed by atoms with E-state index in [1.807, 2.05) is 54.6 Å². The van der Waals surface area contributed by atoms with E-state index in [4.69, 9.17) is 11.6 Å². The first kappa shape index (κ1) is 20.8. The van der Waals surface area contributed by atoms with Gasteiger partial charge in [0.1, 0.15) is 13.1 Å². The molecule has 2 amide bonds. The van der Waals surface area contributed by atoms with E-state index in [2.05, 4.69) is 17.2 Å². The van der Waals surface area contributed by atoms with Gasteiger partial charge in [-0.2, -0.15) is 0 Å². The van der Waals surface area contributed by atoms with Crippen molar-refractivity contribution < 1.29 is 9.59 Å². The molecule has 1 aliphatic heterocycles. The van der Waals surface area contributed by atoms with Gasteiger partial charge in [-0.05, 0) is 42.3 Å². The molecule has 0 atom stereocenters. The molecule has 1 aliphatic rings. The maximum absolute atomic E-state index is 12.9. The van der Waals surface area contributed by atoms with Crippen molar-refractivity contribution in [3.63, 3.8) is 0 Å². The molecular weight excluding hydrogens is 410 g/mol. The molecule has 31 heavy (non-hydrogen) atoms. The summed E-state index contributed by atoms with van der Waals surface area (Å²) in [6.45, 7) is 1.90. The van der Waals surface area contributed by atoms with Crippen molar-refractivity contribution in [3.8, 4) is 0 Å². The minimum absolute atomic E-state index is 0.0465. The zero-order valence-corrected chi connectivity index (χ0v) is 17.9. The molecule has 4 rings (SSSR count). The largest absolute Gasteiger partial charge is 0.325 e. The Hall–Kier alpha value is -3.44. The average molecular weight is 432 g/mol. The first-order valence-corrected chi connectivity index (χ1v) is 10.5. The molecule has 6 heteroatoms. The number of hydrogen-bond acceptors (Lipinski definition) is 3. The van der Waals surface area contributed by atoms with Crippen molar-refractivity contribution in [1.82, 2.24) is 0 Å². The molecule has 0 saturated heterocycles. The van der Waals surface area contributed by atoms with Crippen molar-refractivity contribution in [2.45, 2.75) is 13.3 Å². The molecule has 0 aromatic heterocycles. The topological polar surface area (TPSA) is 61.8 Å². The van der Waals surface area contributed by atoms with Crippen LogP contribution in [0, 0.1) is 0 Å². The number of nitrogens with one attached hydrogen (secondary N) is 1. The van der Waals surface area contributed by atoms with Crippen LogP contribution in [0.2, 0.25) is 5.02 Å². The van der Waals surface area contributed by atoms with Crippen molar-refractivity contribution >= 4 is 40.5 Å². The fourth-order valence-electron chi connectivity index (χ4n) is 3.61. The van der Waals surface area contributed by atoms with Crippen molar-refractivity contribution in [1.29, 1.82) is 0 Å². The molecule has 0 aliphatic carbocycles. The first-order valence-electron chi connectivity index (χ1n) is 10.1. The summed E-state index contributed by atoms with van der Waals surface area (Å²) in [6, 6.07) is 22.6. The Bertz CT molecular complexity index is 1160. The second kappa shape index (κ2) is 9.14. The fourth-order valence-corrected chi connectivity index (χ4v) is 3.79. The molecule has 3 aromatic carbocycles. The van der Waals surface area contributed by atoms with Crippen LogP contribution in [0.4, 0.5) is 11.4 Å². The van der Waals surface area contributed by atoms with E-state index in [-0.39, 0.29) is 24.9 Å². The monoisotopic (exact) mass is 431 g/mol. The summed E-state index contributed by atoms with van der Waals surface area (Å²) in [5.74, 6) is -0.516. The summed E-state index contributed by atoms with van der Waals surface area (Å²) in [7, 11) is 0. The van der Waals surface area contributed by atoms with Gasteiger partial charge in [-0.15, -0.1) is 0 Å². The Morgan fingerprint density at radius 1 is 1.06 bits per heavy atom. The number of hydrogen-bond donors (Lipinski definition) is 1. The first-order chi connectivity index (χ1) is 15.0. The van der Waals surface area contributed by atoms with Crippen LogP contribution in [0.3, 0.4) is 0 Å². The lowest BCUT2D eigenvalue weighted by atomic mass is 10.00. The molecule has 0 saturated carbocycles. The molecule has 3 aromatic rings. The van der Waals surface area contributed by atoms with E-state index in [0.717, 1.165) is 23.1 Å². The summed E-state index contributed by atoms with van der Waals surface area (Å²) < 4.78 is 0. The Labute approximate surface area is 186 Å². The van der Waals surface area contributed by atoms with Gasteiger partial charge in [-0.1, -0.05) is 61.0 Å². The van der Waals surface area contributed by atoms with Crippen LogP contribution in [0.5, 0.6) is 0 Å². The number of halogens is 1. The van der Waals surface area contributed by atoms with Crippen molar-refractivity contribution in [2.75, 3.05) is 23.3 Å².